The number of rotatable bonds is 3. The molecule has 1 aromatic rings. The second kappa shape index (κ2) is 12.1. The monoisotopic (exact) mass is 563 g/mol. The Hall–Kier alpha value is -2.25. The molecule has 2 amide bonds. The first kappa shape index (κ1) is 28.3. The average molecular weight is 564 g/mol. The number of para-hydroxylation sites is 1. The first-order valence-corrected chi connectivity index (χ1v) is 15.9. The Morgan fingerprint density at radius 3 is 2.54 bits per heavy atom. The van der Waals surface area contributed by atoms with E-state index < -0.39 is 28.2 Å². The Morgan fingerprint density at radius 2 is 1.77 bits per heavy atom. The molecule has 5 rings (SSSR count). The average Bonchev–Trinajstić information content (AvgIpc) is 2.91. The maximum absolute atomic E-state index is 13.9. The topological polar surface area (TPSA) is 121 Å². The number of benzene rings is 1. The van der Waals surface area contributed by atoms with Crippen LogP contribution in [0.3, 0.4) is 0 Å². The lowest BCUT2D eigenvalue weighted by Gasteiger charge is -2.46. The maximum Gasteiger partial charge on any atom is 0.258 e. The van der Waals surface area contributed by atoms with Crippen LogP contribution in [-0.2, 0) is 19.6 Å². The van der Waals surface area contributed by atoms with Crippen LogP contribution < -0.4 is 14.8 Å². The Labute approximate surface area is 231 Å². The second-order valence-electron chi connectivity index (χ2n) is 11.3. The number of ether oxygens (including phenoxy) is 2. The summed E-state index contributed by atoms with van der Waals surface area (Å²) in [4.78, 5) is 33.9. The van der Waals surface area contributed by atoms with E-state index >= 15 is 0 Å². The smallest absolute Gasteiger partial charge is 0.258 e. The number of carbonyl (C=O) groups is 2. The van der Waals surface area contributed by atoms with E-state index in [1.165, 1.54) is 0 Å². The summed E-state index contributed by atoms with van der Waals surface area (Å²) in [5, 5.41) is 3.02. The molecule has 4 heterocycles. The van der Waals surface area contributed by atoms with Crippen LogP contribution in [0.25, 0.3) is 0 Å². The molecule has 0 unspecified atom stereocenters. The third kappa shape index (κ3) is 6.91. The highest BCUT2D eigenvalue weighted by molar-refractivity contribution is 7.88. The largest absolute Gasteiger partial charge is 0.493 e. The van der Waals surface area contributed by atoms with Crippen molar-refractivity contribution >= 4 is 21.8 Å². The van der Waals surface area contributed by atoms with Crippen LogP contribution in [0.4, 0.5) is 0 Å². The van der Waals surface area contributed by atoms with Crippen LogP contribution in [0.1, 0.15) is 42.5 Å². The van der Waals surface area contributed by atoms with Crippen molar-refractivity contribution in [3.05, 3.63) is 29.8 Å². The SMILES string of the molecule is CN1CCC(N2CCN3C(=O)c4ccccc4OCC[C@@H]4CC[C@@H](NS(C)(=O)=O)[C@@H](CNC(=O)[C@@H]3C2)O4)CC1. The molecule has 0 radical (unpaired) electrons. The molecule has 1 aromatic carbocycles. The van der Waals surface area contributed by atoms with Gasteiger partial charge < -0.3 is 24.6 Å². The van der Waals surface area contributed by atoms with E-state index in [4.69, 9.17) is 9.47 Å². The molecule has 11 nitrogen and oxygen atoms in total. The number of amides is 2. The standard InChI is InChI=1S/C27H41N5O6S/c1-30-12-9-19(10-13-30)31-14-15-32-23(18-31)26(33)28-17-25-22(29-39(2,35)36)8-7-20(38-25)11-16-37-24-6-4-3-5-21(24)27(32)34/h3-6,19-20,22-23,25,29H,7-18H2,1-2H3,(H,28,33)/t20-,22+,23-,25+/m0/s1. The number of hydrogen-bond donors (Lipinski definition) is 2. The van der Waals surface area contributed by atoms with Gasteiger partial charge in [0, 0.05) is 44.7 Å². The Balaban J connectivity index is 1.41. The molecule has 12 heteroatoms. The van der Waals surface area contributed by atoms with Crippen molar-refractivity contribution in [2.45, 2.75) is 62.4 Å². The quantitative estimate of drug-likeness (QED) is 0.538. The molecule has 3 fully saturated rings. The first-order chi connectivity index (χ1) is 18.7. The number of carbonyl (C=O) groups excluding carboxylic acids is 2. The van der Waals surface area contributed by atoms with Gasteiger partial charge in [-0.2, -0.15) is 0 Å². The number of piperazine rings is 1. The molecule has 2 N–H and O–H groups in total. The fourth-order valence-corrected chi connectivity index (χ4v) is 7.10. The van der Waals surface area contributed by atoms with E-state index in [-0.39, 0.29) is 24.5 Å². The molecule has 0 spiro atoms. The third-order valence-electron chi connectivity index (χ3n) is 8.45. The van der Waals surface area contributed by atoms with Crippen molar-refractivity contribution in [1.29, 1.82) is 0 Å². The zero-order valence-corrected chi connectivity index (χ0v) is 23.7. The minimum atomic E-state index is -3.45. The van der Waals surface area contributed by atoms with Crippen molar-refractivity contribution in [3.63, 3.8) is 0 Å². The number of nitrogens with one attached hydrogen (secondary N) is 2. The van der Waals surface area contributed by atoms with E-state index in [1.54, 1.807) is 17.0 Å². The molecule has 0 aromatic heterocycles. The lowest BCUT2D eigenvalue weighted by atomic mass is 9.97. The maximum atomic E-state index is 13.9. The molecule has 0 saturated carbocycles. The zero-order valence-electron chi connectivity index (χ0n) is 22.9. The number of sulfonamides is 1. The highest BCUT2D eigenvalue weighted by Crippen LogP contribution is 2.27. The van der Waals surface area contributed by atoms with Gasteiger partial charge in [-0.05, 0) is 58.0 Å². The lowest BCUT2D eigenvalue weighted by Crippen LogP contribution is -2.63. The van der Waals surface area contributed by atoms with Crippen LogP contribution in [-0.4, -0.2) is 124 Å². The summed E-state index contributed by atoms with van der Waals surface area (Å²) in [5.74, 6) is 0.0413. The molecular formula is C27H41N5O6S. The molecule has 4 aliphatic heterocycles. The van der Waals surface area contributed by atoms with Crippen molar-refractivity contribution in [2.75, 3.05) is 59.2 Å². The van der Waals surface area contributed by atoms with Crippen molar-refractivity contribution in [1.82, 2.24) is 24.7 Å². The highest BCUT2D eigenvalue weighted by atomic mass is 32.2. The minimum absolute atomic E-state index is 0.138. The molecule has 216 valence electrons. The molecule has 0 aliphatic carbocycles. The molecule has 4 atom stereocenters. The Morgan fingerprint density at radius 1 is 1.00 bits per heavy atom. The molecule has 4 aliphatic rings. The minimum Gasteiger partial charge on any atom is -0.493 e. The van der Waals surface area contributed by atoms with Gasteiger partial charge in [0.25, 0.3) is 5.91 Å². The highest BCUT2D eigenvalue weighted by Gasteiger charge is 2.40. The van der Waals surface area contributed by atoms with Crippen LogP contribution in [0.2, 0.25) is 0 Å². The van der Waals surface area contributed by atoms with Crippen LogP contribution >= 0.6 is 0 Å². The Kier molecular flexibility index (Phi) is 8.77. The third-order valence-corrected chi connectivity index (χ3v) is 9.18. The Bertz CT molecular complexity index is 1140. The number of nitrogens with zero attached hydrogens (tertiary/aromatic N) is 3. The van der Waals surface area contributed by atoms with Crippen LogP contribution in [0.5, 0.6) is 5.75 Å². The van der Waals surface area contributed by atoms with Gasteiger partial charge in [0.15, 0.2) is 0 Å². The van der Waals surface area contributed by atoms with Gasteiger partial charge in [-0.1, -0.05) is 12.1 Å². The summed E-state index contributed by atoms with van der Waals surface area (Å²) in [6.07, 6.45) is 4.41. The summed E-state index contributed by atoms with van der Waals surface area (Å²) in [7, 11) is -1.32. The number of likely N-dealkylation sites (tertiary alicyclic amines) is 1. The number of fused-ring (bicyclic) bond motifs is 4. The molecule has 39 heavy (non-hydrogen) atoms. The summed E-state index contributed by atoms with van der Waals surface area (Å²) < 4.78 is 39.1. The predicted molar refractivity (Wildman–Crippen MR) is 146 cm³/mol. The fourth-order valence-electron chi connectivity index (χ4n) is 6.28. The number of hydrogen-bond acceptors (Lipinski definition) is 8. The predicted octanol–water partition coefficient (Wildman–Crippen LogP) is 0.271. The first-order valence-electron chi connectivity index (χ1n) is 14.0. The molecular weight excluding hydrogens is 522 g/mol. The summed E-state index contributed by atoms with van der Waals surface area (Å²) in [6, 6.07) is 6.47. The van der Waals surface area contributed by atoms with Gasteiger partial charge in [-0.15, -0.1) is 0 Å². The molecule has 2 bridgehead atoms. The van der Waals surface area contributed by atoms with Gasteiger partial charge in [0.2, 0.25) is 15.9 Å². The van der Waals surface area contributed by atoms with Crippen molar-refractivity contribution in [3.8, 4) is 5.75 Å². The van der Waals surface area contributed by atoms with Crippen LogP contribution in [0, 0.1) is 0 Å². The van der Waals surface area contributed by atoms with Gasteiger partial charge in [-0.25, -0.2) is 13.1 Å². The summed E-state index contributed by atoms with van der Waals surface area (Å²) >= 11 is 0. The van der Waals surface area contributed by atoms with Gasteiger partial charge in [0.1, 0.15) is 11.8 Å². The van der Waals surface area contributed by atoms with Crippen LogP contribution in [0.15, 0.2) is 24.3 Å². The number of piperidine rings is 1. The zero-order chi connectivity index (χ0) is 27.6. The van der Waals surface area contributed by atoms with Gasteiger partial charge in [0.05, 0.1) is 30.6 Å². The van der Waals surface area contributed by atoms with Gasteiger partial charge >= 0.3 is 0 Å². The van der Waals surface area contributed by atoms with Gasteiger partial charge in [-0.3, -0.25) is 14.5 Å². The lowest BCUT2D eigenvalue weighted by molar-refractivity contribution is -0.130. The summed E-state index contributed by atoms with van der Waals surface area (Å²) in [6.45, 7) is 4.16. The normalized spacial score (nSPS) is 30.5. The second-order valence-corrected chi connectivity index (χ2v) is 13.1. The van der Waals surface area contributed by atoms with Crippen molar-refractivity contribution < 1.29 is 27.5 Å². The summed E-state index contributed by atoms with van der Waals surface area (Å²) in [5.41, 5.74) is 0.458. The fraction of sp³-hybridized carbons (Fsp3) is 0.704. The molecule has 3 saturated heterocycles. The van der Waals surface area contributed by atoms with E-state index in [2.05, 4.69) is 26.9 Å². The van der Waals surface area contributed by atoms with E-state index in [0.717, 1.165) is 32.2 Å². The van der Waals surface area contributed by atoms with E-state index in [1.807, 2.05) is 12.1 Å². The van der Waals surface area contributed by atoms with E-state index in [0.29, 0.717) is 62.9 Å². The van der Waals surface area contributed by atoms with E-state index in [9.17, 15) is 18.0 Å². The van der Waals surface area contributed by atoms with Crippen molar-refractivity contribution in [2.24, 2.45) is 0 Å².